The highest BCUT2D eigenvalue weighted by Crippen LogP contribution is 2.35. The van der Waals surface area contributed by atoms with Gasteiger partial charge in [-0.15, -0.1) is 0 Å². The van der Waals surface area contributed by atoms with Crippen LogP contribution in [0.3, 0.4) is 0 Å². The number of piperidine rings is 2. The number of rotatable bonds is 2. The predicted molar refractivity (Wildman–Crippen MR) is 80.3 cm³/mol. The van der Waals surface area contributed by atoms with E-state index in [0.717, 1.165) is 25.9 Å². The van der Waals surface area contributed by atoms with Gasteiger partial charge in [-0.3, -0.25) is 9.69 Å². The van der Waals surface area contributed by atoms with Crippen LogP contribution in [-0.4, -0.2) is 53.5 Å². The molecule has 0 spiro atoms. The number of likely N-dealkylation sites (tertiary alicyclic amines) is 1. The summed E-state index contributed by atoms with van der Waals surface area (Å²) in [5.74, 6) is 1.64. The Kier molecular flexibility index (Phi) is 4.04. The summed E-state index contributed by atoms with van der Waals surface area (Å²) >= 11 is 0. The molecule has 4 heteroatoms. The number of amides is 1. The first-order chi connectivity index (χ1) is 9.52. The van der Waals surface area contributed by atoms with Crippen LogP contribution in [0.5, 0.6) is 0 Å². The second kappa shape index (κ2) is 5.64. The van der Waals surface area contributed by atoms with E-state index >= 15 is 0 Å². The van der Waals surface area contributed by atoms with Crippen molar-refractivity contribution in [1.82, 2.24) is 9.80 Å². The molecule has 0 aromatic heterocycles. The number of carbonyl (C=O) groups is 1. The van der Waals surface area contributed by atoms with E-state index in [0.29, 0.717) is 42.4 Å². The molecule has 0 aromatic carbocycles. The van der Waals surface area contributed by atoms with Crippen LogP contribution in [0, 0.1) is 11.8 Å². The zero-order valence-electron chi connectivity index (χ0n) is 12.9. The van der Waals surface area contributed by atoms with Crippen molar-refractivity contribution in [2.24, 2.45) is 17.6 Å². The van der Waals surface area contributed by atoms with Gasteiger partial charge in [0.2, 0.25) is 5.91 Å². The third-order valence-electron chi connectivity index (χ3n) is 5.46. The van der Waals surface area contributed by atoms with Crippen molar-refractivity contribution < 1.29 is 4.79 Å². The summed E-state index contributed by atoms with van der Waals surface area (Å²) in [6.45, 7) is 7.05. The van der Waals surface area contributed by atoms with E-state index in [9.17, 15) is 4.79 Å². The molecule has 20 heavy (non-hydrogen) atoms. The lowest BCUT2D eigenvalue weighted by Crippen LogP contribution is -2.53. The summed E-state index contributed by atoms with van der Waals surface area (Å²) in [6, 6.07) is 1.48. The Morgan fingerprint density at radius 2 is 1.60 bits per heavy atom. The van der Waals surface area contributed by atoms with Gasteiger partial charge in [-0.25, -0.2) is 0 Å². The Hall–Kier alpha value is -0.610. The molecular formula is C16H29N3O. The van der Waals surface area contributed by atoms with Crippen molar-refractivity contribution in [2.75, 3.05) is 19.6 Å². The molecule has 3 saturated heterocycles. The largest absolute Gasteiger partial charge is 0.341 e. The van der Waals surface area contributed by atoms with Crippen LogP contribution in [0.1, 0.15) is 46.0 Å². The van der Waals surface area contributed by atoms with Crippen LogP contribution in [0.15, 0.2) is 0 Å². The van der Waals surface area contributed by atoms with Crippen molar-refractivity contribution in [3.63, 3.8) is 0 Å². The Bertz CT molecular complexity index is 349. The van der Waals surface area contributed by atoms with Gasteiger partial charge in [0.05, 0.1) is 6.54 Å². The molecule has 4 unspecified atom stereocenters. The molecule has 4 atom stereocenters. The van der Waals surface area contributed by atoms with Gasteiger partial charge < -0.3 is 10.6 Å². The van der Waals surface area contributed by atoms with Gasteiger partial charge in [0.25, 0.3) is 0 Å². The summed E-state index contributed by atoms with van der Waals surface area (Å²) in [6.07, 6.45) is 5.89. The standard InChI is InChI=1S/C16H29N3O/c1-11-5-12(2)9-18(8-11)16(20)10-19-14-3-4-15(19)7-13(17)6-14/h11-15H,3-10,17H2,1-2H3. The molecule has 0 radical (unpaired) electrons. The third-order valence-corrected chi connectivity index (χ3v) is 5.46. The molecule has 2 bridgehead atoms. The molecule has 0 aliphatic carbocycles. The van der Waals surface area contributed by atoms with E-state index < -0.39 is 0 Å². The Labute approximate surface area is 122 Å². The van der Waals surface area contributed by atoms with Gasteiger partial charge in [-0.1, -0.05) is 13.8 Å². The van der Waals surface area contributed by atoms with E-state index in [-0.39, 0.29) is 0 Å². The fourth-order valence-electron chi connectivity index (χ4n) is 4.70. The van der Waals surface area contributed by atoms with Crippen LogP contribution >= 0.6 is 0 Å². The molecule has 0 aromatic rings. The number of nitrogens with zero attached hydrogens (tertiary/aromatic N) is 2. The van der Waals surface area contributed by atoms with Gasteiger partial charge in [-0.05, 0) is 43.9 Å². The smallest absolute Gasteiger partial charge is 0.236 e. The third kappa shape index (κ3) is 2.86. The fourth-order valence-corrected chi connectivity index (χ4v) is 4.70. The lowest BCUT2D eigenvalue weighted by Gasteiger charge is -2.40. The summed E-state index contributed by atoms with van der Waals surface area (Å²) < 4.78 is 0. The maximum Gasteiger partial charge on any atom is 0.236 e. The molecule has 3 fully saturated rings. The highest BCUT2D eigenvalue weighted by molar-refractivity contribution is 5.78. The number of nitrogens with two attached hydrogens (primary N) is 1. The van der Waals surface area contributed by atoms with Crippen molar-refractivity contribution in [3.05, 3.63) is 0 Å². The van der Waals surface area contributed by atoms with E-state index in [2.05, 4.69) is 23.6 Å². The number of hydrogen-bond donors (Lipinski definition) is 1. The summed E-state index contributed by atoms with van der Waals surface area (Å²) in [4.78, 5) is 17.2. The molecule has 2 N–H and O–H groups in total. The van der Waals surface area contributed by atoms with E-state index in [1.807, 2.05) is 0 Å². The highest BCUT2D eigenvalue weighted by Gasteiger charge is 2.41. The predicted octanol–water partition coefficient (Wildman–Crippen LogP) is 1.45. The molecule has 3 rings (SSSR count). The Morgan fingerprint density at radius 3 is 2.15 bits per heavy atom. The average Bonchev–Trinajstić information content (AvgIpc) is 2.60. The molecule has 114 valence electrons. The molecule has 3 aliphatic rings. The van der Waals surface area contributed by atoms with E-state index in [1.54, 1.807) is 0 Å². The second-order valence-electron chi connectivity index (χ2n) is 7.53. The van der Waals surface area contributed by atoms with Crippen LogP contribution in [0.4, 0.5) is 0 Å². The highest BCUT2D eigenvalue weighted by atomic mass is 16.2. The normalized spacial score (nSPS) is 42.0. The fraction of sp³-hybridized carbons (Fsp3) is 0.938. The number of fused-ring (bicyclic) bond motifs is 2. The van der Waals surface area contributed by atoms with Crippen LogP contribution < -0.4 is 5.73 Å². The first-order valence-corrected chi connectivity index (χ1v) is 8.32. The van der Waals surface area contributed by atoms with Crippen molar-refractivity contribution in [3.8, 4) is 0 Å². The average molecular weight is 279 g/mol. The van der Waals surface area contributed by atoms with E-state index in [4.69, 9.17) is 5.73 Å². The first kappa shape index (κ1) is 14.3. The Balaban J connectivity index is 1.59. The van der Waals surface area contributed by atoms with Gasteiger partial charge in [0.1, 0.15) is 0 Å². The molecular weight excluding hydrogens is 250 g/mol. The maximum absolute atomic E-state index is 12.6. The van der Waals surface area contributed by atoms with Crippen LogP contribution in [0.25, 0.3) is 0 Å². The summed E-state index contributed by atoms with van der Waals surface area (Å²) in [5, 5.41) is 0. The van der Waals surface area contributed by atoms with Crippen LogP contribution in [-0.2, 0) is 4.79 Å². The first-order valence-electron chi connectivity index (χ1n) is 8.32. The molecule has 4 nitrogen and oxygen atoms in total. The van der Waals surface area contributed by atoms with Crippen molar-refractivity contribution >= 4 is 5.91 Å². The van der Waals surface area contributed by atoms with Crippen molar-refractivity contribution in [2.45, 2.75) is 64.1 Å². The lowest BCUT2D eigenvalue weighted by atomic mass is 9.91. The monoisotopic (exact) mass is 279 g/mol. The molecule has 3 aliphatic heterocycles. The van der Waals surface area contributed by atoms with Gasteiger partial charge in [-0.2, -0.15) is 0 Å². The topological polar surface area (TPSA) is 49.6 Å². The van der Waals surface area contributed by atoms with Crippen molar-refractivity contribution in [1.29, 1.82) is 0 Å². The molecule has 1 amide bonds. The summed E-state index contributed by atoms with van der Waals surface area (Å²) in [5.41, 5.74) is 6.11. The van der Waals surface area contributed by atoms with E-state index in [1.165, 1.54) is 19.3 Å². The summed E-state index contributed by atoms with van der Waals surface area (Å²) in [7, 11) is 0. The lowest BCUT2D eigenvalue weighted by molar-refractivity contribution is -0.136. The number of hydrogen-bond acceptors (Lipinski definition) is 3. The zero-order valence-corrected chi connectivity index (χ0v) is 12.9. The quantitative estimate of drug-likeness (QED) is 0.832. The minimum atomic E-state index is 0.343. The minimum Gasteiger partial charge on any atom is -0.341 e. The van der Waals surface area contributed by atoms with Gasteiger partial charge in [0.15, 0.2) is 0 Å². The van der Waals surface area contributed by atoms with Gasteiger partial charge >= 0.3 is 0 Å². The molecule has 0 saturated carbocycles. The SMILES string of the molecule is CC1CC(C)CN(C(=O)CN2C3CCC2CC(N)C3)C1. The zero-order chi connectivity index (χ0) is 14.3. The van der Waals surface area contributed by atoms with Gasteiger partial charge in [0, 0.05) is 31.2 Å². The Morgan fingerprint density at radius 1 is 1.05 bits per heavy atom. The molecule has 3 heterocycles. The minimum absolute atomic E-state index is 0.343. The maximum atomic E-state index is 12.6. The van der Waals surface area contributed by atoms with Crippen LogP contribution in [0.2, 0.25) is 0 Å². The number of carbonyl (C=O) groups excluding carboxylic acids is 1. The second-order valence-corrected chi connectivity index (χ2v) is 7.53.